The highest BCUT2D eigenvalue weighted by atomic mass is 35.5. The van der Waals surface area contributed by atoms with Crippen molar-refractivity contribution in [3.63, 3.8) is 0 Å². The summed E-state index contributed by atoms with van der Waals surface area (Å²) < 4.78 is 25.9. The fourth-order valence-corrected chi connectivity index (χ4v) is 5.60. The van der Waals surface area contributed by atoms with Crippen LogP contribution in [0.25, 0.3) is 0 Å². The van der Waals surface area contributed by atoms with Crippen molar-refractivity contribution in [1.82, 2.24) is 14.5 Å². The van der Waals surface area contributed by atoms with Crippen LogP contribution in [-0.2, 0) is 14.8 Å². The van der Waals surface area contributed by atoms with Crippen LogP contribution in [0.15, 0.2) is 0 Å². The van der Waals surface area contributed by atoms with Gasteiger partial charge in [-0.15, -0.1) is 12.4 Å². The zero-order valence-electron chi connectivity index (χ0n) is 13.6. The molecule has 0 saturated carbocycles. The minimum Gasteiger partial charge on any atom is -0.335 e. The Morgan fingerprint density at radius 2 is 1.78 bits per heavy atom. The maximum Gasteiger partial charge on any atom is 0.223 e. The van der Waals surface area contributed by atoms with Gasteiger partial charge in [-0.2, -0.15) is 0 Å². The SMILES string of the molecule is Cl.O=C(CCCS(=O)(=O)N1CCCC1)N1C2CCNCC1CC2. The highest BCUT2D eigenvalue weighted by Gasteiger charge is 2.37. The number of amides is 1. The van der Waals surface area contributed by atoms with Gasteiger partial charge >= 0.3 is 0 Å². The van der Waals surface area contributed by atoms with Gasteiger partial charge in [0.05, 0.1) is 5.75 Å². The monoisotopic (exact) mass is 365 g/mol. The second kappa shape index (κ2) is 8.14. The van der Waals surface area contributed by atoms with E-state index >= 15 is 0 Å². The van der Waals surface area contributed by atoms with Crippen molar-refractivity contribution in [3.8, 4) is 0 Å². The number of fused-ring (bicyclic) bond motifs is 2. The Hall–Kier alpha value is -0.370. The molecule has 3 aliphatic heterocycles. The average Bonchev–Trinajstić information content (AvgIpc) is 3.06. The summed E-state index contributed by atoms with van der Waals surface area (Å²) in [4.78, 5) is 14.6. The van der Waals surface area contributed by atoms with Crippen molar-refractivity contribution >= 4 is 28.3 Å². The lowest BCUT2D eigenvalue weighted by Gasteiger charge is -2.28. The maximum absolute atomic E-state index is 12.5. The van der Waals surface area contributed by atoms with Gasteiger partial charge in [-0.3, -0.25) is 4.79 Å². The topological polar surface area (TPSA) is 69.7 Å². The van der Waals surface area contributed by atoms with Crippen molar-refractivity contribution in [2.45, 2.75) is 57.0 Å². The molecule has 0 spiro atoms. The molecule has 3 rings (SSSR count). The Bertz CT molecular complexity index is 494. The maximum atomic E-state index is 12.5. The Balaban J connectivity index is 0.00000192. The van der Waals surface area contributed by atoms with E-state index < -0.39 is 10.0 Å². The molecule has 3 aliphatic rings. The van der Waals surface area contributed by atoms with Crippen LogP contribution in [0.5, 0.6) is 0 Å². The highest BCUT2D eigenvalue weighted by Crippen LogP contribution is 2.28. The van der Waals surface area contributed by atoms with Gasteiger partial charge in [0.2, 0.25) is 15.9 Å². The number of nitrogens with one attached hydrogen (secondary N) is 1. The van der Waals surface area contributed by atoms with Gasteiger partial charge in [0.25, 0.3) is 0 Å². The summed E-state index contributed by atoms with van der Waals surface area (Å²) in [6.07, 6.45) is 5.93. The largest absolute Gasteiger partial charge is 0.335 e. The van der Waals surface area contributed by atoms with Crippen LogP contribution in [-0.4, -0.2) is 67.5 Å². The molecule has 134 valence electrons. The Labute approximate surface area is 145 Å². The third-order valence-corrected chi connectivity index (χ3v) is 7.15. The first-order valence-corrected chi connectivity index (χ1v) is 10.2. The van der Waals surface area contributed by atoms with Gasteiger partial charge in [0.1, 0.15) is 0 Å². The zero-order valence-corrected chi connectivity index (χ0v) is 15.2. The van der Waals surface area contributed by atoms with E-state index in [0.717, 1.165) is 45.2 Å². The van der Waals surface area contributed by atoms with Crippen LogP contribution >= 0.6 is 12.4 Å². The van der Waals surface area contributed by atoms with Gasteiger partial charge in [0.15, 0.2) is 0 Å². The van der Waals surface area contributed by atoms with E-state index in [1.54, 1.807) is 4.31 Å². The van der Waals surface area contributed by atoms with Crippen LogP contribution in [0, 0.1) is 0 Å². The summed E-state index contributed by atoms with van der Waals surface area (Å²) in [5.74, 6) is 0.257. The van der Waals surface area contributed by atoms with Gasteiger partial charge in [0, 0.05) is 38.1 Å². The third kappa shape index (κ3) is 4.38. The van der Waals surface area contributed by atoms with E-state index in [4.69, 9.17) is 0 Å². The number of halogens is 1. The van der Waals surface area contributed by atoms with Gasteiger partial charge < -0.3 is 10.2 Å². The highest BCUT2D eigenvalue weighted by molar-refractivity contribution is 7.89. The number of rotatable bonds is 5. The van der Waals surface area contributed by atoms with Crippen LogP contribution in [0.4, 0.5) is 0 Å². The van der Waals surface area contributed by atoms with Gasteiger partial charge in [-0.1, -0.05) is 0 Å². The van der Waals surface area contributed by atoms with E-state index in [-0.39, 0.29) is 24.1 Å². The molecular formula is C15H28ClN3O3S. The lowest BCUT2D eigenvalue weighted by Crippen LogP contribution is -2.42. The number of hydrogen-bond acceptors (Lipinski definition) is 4. The summed E-state index contributed by atoms with van der Waals surface area (Å²) in [5, 5.41) is 3.38. The Morgan fingerprint density at radius 1 is 1.09 bits per heavy atom. The quantitative estimate of drug-likeness (QED) is 0.788. The summed E-state index contributed by atoms with van der Waals surface area (Å²) in [6.45, 7) is 3.17. The molecule has 0 aromatic rings. The Kier molecular flexibility index (Phi) is 6.71. The molecule has 3 heterocycles. The summed E-state index contributed by atoms with van der Waals surface area (Å²) in [5.41, 5.74) is 0. The lowest BCUT2D eigenvalue weighted by molar-refractivity contribution is -0.133. The molecule has 1 N–H and O–H groups in total. The smallest absolute Gasteiger partial charge is 0.223 e. The fourth-order valence-electron chi connectivity index (χ4n) is 4.02. The average molecular weight is 366 g/mol. The minimum atomic E-state index is -3.15. The molecular weight excluding hydrogens is 338 g/mol. The molecule has 0 aliphatic carbocycles. The standard InChI is InChI=1S/C15H27N3O3S.ClH/c19-15(18-13-5-6-14(18)12-16-8-7-13)4-3-11-22(20,21)17-9-1-2-10-17;/h13-14,16H,1-12H2;1H. The van der Waals surface area contributed by atoms with E-state index in [0.29, 0.717) is 38.0 Å². The first-order chi connectivity index (χ1) is 10.6. The molecule has 3 saturated heterocycles. The van der Waals surface area contributed by atoms with Crippen molar-refractivity contribution in [2.75, 3.05) is 31.9 Å². The predicted octanol–water partition coefficient (Wildman–Crippen LogP) is 0.967. The van der Waals surface area contributed by atoms with Crippen molar-refractivity contribution in [2.24, 2.45) is 0 Å². The van der Waals surface area contributed by atoms with E-state index in [2.05, 4.69) is 5.32 Å². The van der Waals surface area contributed by atoms with E-state index in [1.165, 1.54) is 0 Å². The summed E-state index contributed by atoms with van der Waals surface area (Å²) >= 11 is 0. The van der Waals surface area contributed by atoms with Crippen LogP contribution in [0.2, 0.25) is 0 Å². The molecule has 6 nitrogen and oxygen atoms in total. The summed E-state index contributed by atoms with van der Waals surface area (Å²) in [7, 11) is -3.15. The first-order valence-electron chi connectivity index (χ1n) is 8.57. The van der Waals surface area contributed by atoms with Crippen LogP contribution in [0.3, 0.4) is 0 Å². The molecule has 23 heavy (non-hydrogen) atoms. The number of sulfonamides is 1. The van der Waals surface area contributed by atoms with Gasteiger partial charge in [-0.25, -0.2) is 12.7 Å². The molecule has 2 bridgehead atoms. The lowest BCUT2D eigenvalue weighted by atomic mass is 10.1. The van der Waals surface area contributed by atoms with Crippen LogP contribution < -0.4 is 5.32 Å². The molecule has 1 amide bonds. The molecule has 2 unspecified atom stereocenters. The van der Waals surface area contributed by atoms with Crippen molar-refractivity contribution in [3.05, 3.63) is 0 Å². The number of hydrogen-bond donors (Lipinski definition) is 1. The first kappa shape index (κ1) is 19.0. The molecule has 2 atom stereocenters. The normalized spacial score (nSPS) is 28.4. The number of nitrogens with zero attached hydrogens (tertiary/aromatic N) is 2. The van der Waals surface area contributed by atoms with Crippen molar-refractivity contribution < 1.29 is 13.2 Å². The van der Waals surface area contributed by atoms with Crippen molar-refractivity contribution in [1.29, 1.82) is 0 Å². The Morgan fingerprint density at radius 3 is 2.52 bits per heavy atom. The zero-order chi connectivity index (χ0) is 15.6. The molecule has 8 heteroatoms. The van der Waals surface area contributed by atoms with E-state index in [9.17, 15) is 13.2 Å². The van der Waals surface area contributed by atoms with Gasteiger partial charge in [-0.05, 0) is 45.1 Å². The second-order valence-corrected chi connectivity index (χ2v) is 8.79. The number of carbonyl (C=O) groups excluding carboxylic acids is 1. The third-order valence-electron chi connectivity index (χ3n) is 5.19. The fraction of sp³-hybridized carbons (Fsp3) is 0.933. The van der Waals surface area contributed by atoms with E-state index in [1.807, 2.05) is 4.90 Å². The molecule has 0 aromatic carbocycles. The molecule has 0 aromatic heterocycles. The summed E-state index contributed by atoms with van der Waals surface area (Å²) in [6, 6.07) is 0.679. The molecule has 0 radical (unpaired) electrons. The predicted molar refractivity (Wildman–Crippen MR) is 92.2 cm³/mol. The second-order valence-electron chi connectivity index (χ2n) is 6.70. The molecule has 3 fully saturated rings. The number of carbonyl (C=O) groups is 1. The minimum absolute atomic E-state index is 0. The van der Waals surface area contributed by atoms with Crippen LogP contribution in [0.1, 0.15) is 44.9 Å².